The van der Waals surface area contributed by atoms with Crippen molar-refractivity contribution >= 4 is 33.2 Å². The zero-order chi connectivity index (χ0) is 10.1. The molecule has 2 rings (SSSR count). The molecule has 0 fully saturated rings. The number of nitriles is 1. The Labute approximate surface area is 91.4 Å². The molecule has 2 aromatic rings. The summed E-state index contributed by atoms with van der Waals surface area (Å²) in [6.07, 6.45) is 2.07. The Bertz CT molecular complexity index is 520. The third kappa shape index (κ3) is 1.31. The summed E-state index contributed by atoms with van der Waals surface area (Å²) in [5, 5.41) is 10.1. The maximum atomic E-state index is 9.02. The number of fused-ring (bicyclic) bond motifs is 1. The van der Waals surface area contributed by atoms with Gasteiger partial charge in [-0.2, -0.15) is 5.26 Å². The van der Waals surface area contributed by atoms with Crippen LogP contribution in [0.3, 0.4) is 0 Å². The van der Waals surface area contributed by atoms with Gasteiger partial charge in [-0.05, 0) is 19.2 Å². The summed E-state index contributed by atoms with van der Waals surface area (Å²) in [7, 11) is 0. The van der Waals surface area contributed by atoms with E-state index in [-0.39, 0.29) is 0 Å². The quantitative estimate of drug-likeness (QED) is 0.681. The van der Waals surface area contributed by atoms with E-state index in [0.29, 0.717) is 0 Å². The first kappa shape index (κ1) is 9.57. The molecule has 0 radical (unpaired) electrons. The van der Waals surface area contributed by atoms with E-state index in [4.69, 9.17) is 5.26 Å². The molecule has 0 atom stereocenters. The third-order valence-corrected chi connectivity index (χ3v) is 4.25. The van der Waals surface area contributed by atoms with Crippen LogP contribution in [0.4, 0.5) is 0 Å². The van der Waals surface area contributed by atoms with E-state index in [9.17, 15) is 0 Å². The first-order valence-corrected chi connectivity index (χ1v) is 6.28. The molecular formula is C11H9NS2. The summed E-state index contributed by atoms with van der Waals surface area (Å²) in [4.78, 5) is 2.38. The van der Waals surface area contributed by atoms with Gasteiger partial charge in [-0.25, -0.2) is 0 Å². The van der Waals surface area contributed by atoms with E-state index >= 15 is 0 Å². The highest BCUT2D eigenvalue weighted by atomic mass is 32.2. The second kappa shape index (κ2) is 3.64. The lowest BCUT2D eigenvalue weighted by atomic mass is 10.1. The SMILES string of the molecule is CSc1cccc2c(C#N)c(C)sc12. The summed E-state index contributed by atoms with van der Waals surface area (Å²) < 4.78 is 1.24. The minimum Gasteiger partial charge on any atom is -0.192 e. The van der Waals surface area contributed by atoms with Gasteiger partial charge in [0.05, 0.1) is 5.56 Å². The Kier molecular flexibility index (Phi) is 2.49. The molecule has 14 heavy (non-hydrogen) atoms. The lowest BCUT2D eigenvalue weighted by Crippen LogP contribution is -1.74. The lowest BCUT2D eigenvalue weighted by Gasteiger charge is -1.96. The van der Waals surface area contributed by atoms with Crippen LogP contribution in [0.1, 0.15) is 10.4 Å². The molecule has 1 aromatic carbocycles. The summed E-state index contributed by atoms with van der Waals surface area (Å²) in [6.45, 7) is 2.01. The van der Waals surface area contributed by atoms with Gasteiger partial charge in [0.15, 0.2) is 0 Å². The minimum atomic E-state index is 0.834. The maximum absolute atomic E-state index is 9.02. The van der Waals surface area contributed by atoms with Crippen LogP contribution in [-0.2, 0) is 0 Å². The first-order valence-electron chi connectivity index (χ1n) is 4.24. The Morgan fingerprint density at radius 1 is 1.43 bits per heavy atom. The highest BCUT2D eigenvalue weighted by Crippen LogP contribution is 2.36. The van der Waals surface area contributed by atoms with Gasteiger partial charge in [0.2, 0.25) is 0 Å². The molecule has 0 N–H and O–H groups in total. The molecule has 70 valence electrons. The number of aryl methyl sites for hydroxylation is 1. The van der Waals surface area contributed by atoms with Crippen molar-refractivity contribution < 1.29 is 0 Å². The fourth-order valence-electron chi connectivity index (χ4n) is 1.51. The van der Waals surface area contributed by atoms with Crippen LogP contribution in [0.15, 0.2) is 23.1 Å². The standard InChI is InChI=1S/C11H9NS2/c1-7-9(6-12)8-4-3-5-10(13-2)11(8)14-7/h3-5H,1-2H3. The highest BCUT2D eigenvalue weighted by Gasteiger charge is 2.10. The van der Waals surface area contributed by atoms with Crippen LogP contribution in [0, 0.1) is 18.3 Å². The third-order valence-electron chi connectivity index (χ3n) is 2.19. The topological polar surface area (TPSA) is 23.8 Å². The van der Waals surface area contributed by atoms with Crippen molar-refractivity contribution in [3.05, 3.63) is 28.6 Å². The molecule has 0 saturated heterocycles. The van der Waals surface area contributed by atoms with Crippen molar-refractivity contribution in [2.75, 3.05) is 6.26 Å². The molecule has 1 heterocycles. The predicted octanol–water partition coefficient (Wildman–Crippen LogP) is 3.80. The Balaban J connectivity index is 2.87. The maximum Gasteiger partial charge on any atom is 0.101 e. The van der Waals surface area contributed by atoms with Gasteiger partial charge in [-0.15, -0.1) is 23.1 Å². The van der Waals surface area contributed by atoms with Gasteiger partial charge < -0.3 is 0 Å². The number of nitrogens with zero attached hydrogens (tertiary/aromatic N) is 1. The number of rotatable bonds is 1. The number of benzene rings is 1. The Hall–Kier alpha value is -0.980. The molecule has 3 heteroatoms. The van der Waals surface area contributed by atoms with Crippen molar-refractivity contribution in [1.82, 2.24) is 0 Å². The molecule has 0 spiro atoms. The molecule has 0 unspecified atom stereocenters. The van der Waals surface area contributed by atoms with Crippen LogP contribution in [0.2, 0.25) is 0 Å². The van der Waals surface area contributed by atoms with Gasteiger partial charge >= 0.3 is 0 Å². The fourth-order valence-corrected chi connectivity index (χ4v) is 3.41. The zero-order valence-electron chi connectivity index (χ0n) is 8.00. The van der Waals surface area contributed by atoms with E-state index < -0.39 is 0 Å². The van der Waals surface area contributed by atoms with E-state index in [1.165, 1.54) is 9.60 Å². The van der Waals surface area contributed by atoms with Gasteiger partial charge in [0.25, 0.3) is 0 Å². The average Bonchev–Trinajstić information content (AvgIpc) is 2.52. The number of thioether (sulfide) groups is 1. The Morgan fingerprint density at radius 3 is 2.86 bits per heavy atom. The summed E-state index contributed by atoms with van der Waals surface area (Å²) in [6, 6.07) is 8.41. The molecule has 0 aliphatic rings. The summed E-state index contributed by atoms with van der Waals surface area (Å²) in [5.41, 5.74) is 0.834. The minimum absolute atomic E-state index is 0.834. The zero-order valence-corrected chi connectivity index (χ0v) is 9.63. The first-order chi connectivity index (χ1) is 6.77. The molecule has 1 nitrogen and oxygen atoms in total. The fraction of sp³-hybridized carbons (Fsp3) is 0.182. The molecule has 0 aliphatic carbocycles. The van der Waals surface area contributed by atoms with Gasteiger partial charge in [-0.3, -0.25) is 0 Å². The average molecular weight is 219 g/mol. The van der Waals surface area contributed by atoms with E-state index in [0.717, 1.165) is 15.8 Å². The molecule has 0 aliphatic heterocycles. The normalized spacial score (nSPS) is 10.4. The molecule has 0 bridgehead atoms. The van der Waals surface area contributed by atoms with Crippen LogP contribution in [-0.4, -0.2) is 6.26 Å². The second-order valence-electron chi connectivity index (χ2n) is 2.98. The van der Waals surface area contributed by atoms with Crippen LogP contribution >= 0.6 is 23.1 Å². The van der Waals surface area contributed by atoms with Crippen LogP contribution in [0.25, 0.3) is 10.1 Å². The molecule has 0 amide bonds. The summed E-state index contributed by atoms with van der Waals surface area (Å²) >= 11 is 3.44. The van der Waals surface area contributed by atoms with Crippen molar-refractivity contribution in [2.24, 2.45) is 0 Å². The predicted molar refractivity (Wildman–Crippen MR) is 63.1 cm³/mol. The largest absolute Gasteiger partial charge is 0.192 e. The van der Waals surface area contributed by atoms with E-state index in [1.54, 1.807) is 23.1 Å². The van der Waals surface area contributed by atoms with Crippen LogP contribution in [0.5, 0.6) is 0 Å². The Morgan fingerprint density at radius 2 is 2.21 bits per heavy atom. The highest BCUT2D eigenvalue weighted by molar-refractivity contribution is 7.99. The van der Waals surface area contributed by atoms with Gasteiger partial charge in [-0.1, -0.05) is 12.1 Å². The van der Waals surface area contributed by atoms with Crippen molar-refractivity contribution in [1.29, 1.82) is 5.26 Å². The lowest BCUT2D eigenvalue weighted by molar-refractivity contribution is 1.48. The number of hydrogen-bond donors (Lipinski definition) is 0. The van der Waals surface area contributed by atoms with Crippen molar-refractivity contribution in [2.45, 2.75) is 11.8 Å². The number of thiophene rings is 1. The smallest absolute Gasteiger partial charge is 0.101 e. The molecule has 0 saturated carbocycles. The second-order valence-corrected chi connectivity index (χ2v) is 5.05. The van der Waals surface area contributed by atoms with Gasteiger partial charge in [0, 0.05) is 19.9 Å². The van der Waals surface area contributed by atoms with Gasteiger partial charge in [0.1, 0.15) is 6.07 Å². The van der Waals surface area contributed by atoms with E-state index in [1.807, 2.05) is 19.1 Å². The van der Waals surface area contributed by atoms with Crippen molar-refractivity contribution in [3.63, 3.8) is 0 Å². The number of hydrogen-bond acceptors (Lipinski definition) is 3. The molecule has 1 aromatic heterocycles. The summed E-state index contributed by atoms with van der Waals surface area (Å²) in [5.74, 6) is 0. The van der Waals surface area contributed by atoms with Crippen LogP contribution < -0.4 is 0 Å². The molecular weight excluding hydrogens is 210 g/mol. The van der Waals surface area contributed by atoms with Crippen molar-refractivity contribution in [3.8, 4) is 6.07 Å². The van der Waals surface area contributed by atoms with E-state index in [2.05, 4.69) is 18.4 Å². The monoisotopic (exact) mass is 219 g/mol.